The summed E-state index contributed by atoms with van der Waals surface area (Å²) in [5.41, 5.74) is 6.04. The van der Waals surface area contributed by atoms with Crippen molar-refractivity contribution in [2.75, 3.05) is 14.1 Å². The predicted octanol–water partition coefficient (Wildman–Crippen LogP) is 6.74. The highest BCUT2D eigenvalue weighted by Crippen LogP contribution is 2.41. The van der Waals surface area contributed by atoms with Gasteiger partial charge in [0, 0.05) is 25.9 Å². The zero-order valence-corrected chi connectivity index (χ0v) is 16.8. The lowest BCUT2D eigenvalue weighted by Gasteiger charge is -2.33. The molecule has 0 spiro atoms. The molecule has 0 N–H and O–H groups in total. The average Bonchev–Trinajstić information content (AvgIpc) is 2.60. The van der Waals surface area contributed by atoms with Crippen LogP contribution in [0, 0.1) is 5.92 Å². The van der Waals surface area contributed by atoms with Gasteiger partial charge in [-0.3, -0.25) is 0 Å². The minimum absolute atomic E-state index is 0.746. The van der Waals surface area contributed by atoms with Gasteiger partial charge in [-0.25, -0.2) is 0 Å². The zero-order chi connectivity index (χ0) is 19.1. The van der Waals surface area contributed by atoms with E-state index in [1.807, 2.05) is 12.2 Å². The molecule has 1 heteroatoms. The minimum Gasteiger partial charge on any atom is -0.383 e. The molecule has 1 aromatic rings. The molecular weight excluding hydrogens is 314 g/mol. The molecule has 0 bridgehead atoms. The fourth-order valence-corrected chi connectivity index (χ4v) is 3.53. The fraction of sp³-hybridized carbons (Fsp3) is 0.360. The van der Waals surface area contributed by atoms with Crippen molar-refractivity contribution >= 4 is 5.57 Å². The molecule has 1 aliphatic carbocycles. The Morgan fingerprint density at radius 2 is 1.85 bits per heavy atom. The first-order valence-corrected chi connectivity index (χ1v) is 9.63. The Morgan fingerprint density at radius 3 is 2.35 bits per heavy atom. The summed E-state index contributed by atoms with van der Waals surface area (Å²) in [5.74, 6) is 1.62. The van der Waals surface area contributed by atoms with E-state index >= 15 is 0 Å². The number of nitrogens with zero attached hydrogens (tertiary/aromatic N) is 1. The van der Waals surface area contributed by atoms with Crippen LogP contribution in [0.15, 0.2) is 79.1 Å². The van der Waals surface area contributed by atoms with Crippen molar-refractivity contribution in [3.05, 3.63) is 90.2 Å². The molecule has 0 aliphatic heterocycles. The van der Waals surface area contributed by atoms with Gasteiger partial charge < -0.3 is 4.90 Å². The van der Waals surface area contributed by atoms with Crippen LogP contribution in [-0.2, 0) is 0 Å². The lowest BCUT2D eigenvalue weighted by molar-refractivity contribution is 0.288. The summed E-state index contributed by atoms with van der Waals surface area (Å²) in [6.07, 6.45) is 13.9. The third kappa shape index (κ3) is 5.11. The Balaban J connectivity index is 2.30. The van der Waals surface area contributed by atoms with E-state index in [2.05, 4.69) is 88.6 Å². The SMILES string of the molecule is C=C\C=C/C(=C\CC)C(=C/N(C)C)/C(=C)c1ccc(C2CC(C)C2)cc1. The summed E-state index contributed by atoms with van der Waals surface area (Å²) in [6, 6.07) is 9.02. The van der Waals surface area contributed by atoms with E-state index in [1.165, 1.54) is 29.5 Å². The van der Waals surface area contributed by atoms with Crippen molar-refractivity contribution in [3.8, 4) is 0 Å². The van der Waals surface area contributed by atoms with E-state index in [0.29, 0.717) is 0 Å². The smallest absolute Gasteiger partial charge is 0.00707 e. The largest absolute Gasteiger partial charge is 0.383 e. The van der Waals surface area contributed by atoms with Crippen LogP contribution >= 0.6 is 0 Å². The first kappa shape index (κ1) is 20.0. The van der Waals surface area contributed by atoms with Gasteiger partial charge in [0.15, 0.2) is 0 Å². The van der Waals surface area contributed by atoms with Crippen LogP contribution in [-0.4, -0.2) is 19.0 Å². The first-order valence-electron chi connectivity index (χ1n) is 9.63. The Hall–Kier alpha value is -2.28. The molecule has 1 aliphatic rings. The normalized spacial score (nSPS) is 20.8. The second-order valence-corrected chi connectivity index (χ2v) is 7.54. The molecule has 0 amide bonds. The van der Waals surface area contributed by atoms with Crippen LogP contribution in [0.25, 0.3) is 5.57 Å². The lowest BCUT2D eigenvalue weighted by atomic mass is 9.72. The van der Waals surface area contributed by atoms with Crippen LogP contribution in [0.5, 0.6) is 0 Å². The van der Waals surface area contributed by atoms with Crippen LogP contribution in [0.4, 0.5) is 0 Å². The zero-order valence-electron chi connectivity index (χ0n) is 16.8. The van der Waals surface area contributed by atoms with Gasteiger partial charge in [-0.05, 0) is 53.4 Å². The number of benzene rings is 1. The molecule has 0 atom stereocenters. The minimum atomic E-state index is 0.746. The molecule has 2 rings (SSSR count). The number of hydrogen-bond donors (Lipinski definition) is 0. The third-order valence-corrected chi connectivity index (χ3v) is 4.96. The van der Waals surface area contributed by atoms with Crippen LogP contribution in [0.3, 0.4) is 0 Å². The maximum Gasteiger partial charge on any atom is 0.00707 e. The van der Waals surface area contributed by atoms with Crippen molar-refractivity contribution in [1.82, 2.24) is 4.90 Å². The van der Waals surface area contributed by atoms with Crippen molar-refractivity contribution in [1.29, 1.82) is 0 Å². The highest BCUT2D eigenvalue weighted by atomic mass is 15.0. The highest BCUT2D eigenvalue weighted by Gasteiger charge is 2.26. The average molecular weight is 348 g/mol. The predicted molar refractivity (Wildman–Crippen MR) is 116 cm³/mol. The molecule has 138 valence electrons. The molecule has 1 fully saturated rings. The van der Waals surface area contributed by atoms with E-state index in [9.17, 15) is 0 Å². The monoisotopic (exact) mass is 347 g/mol. The molecule has 0 unspecified atom stereocenters. The van der Waals surface area contributed by atoms with E-state index in [-0.39, 0.29) is 0 Å². The Morgan fingerprint density at radius 1 is 1.19 bits per heavy atom. The third-order valence-electron chi connectivity index (χ3n) is 4.96. The Kier molecular flexibility index (Phi) is 7.26. The maximum absolute atomic E-state index is 4.41. The number of hydrogen-bond acceptors (Lipinski definition) is 1. The second-order valence-electron chi connectivity index (χ2n) is 7.54. The fourth-order valence-electron chi connectivity index (χ4n) is 3.53. The standard InChI is InChI=1S/C25H33N/c1-7-9-11-23(10-8-2)25(18-26(5)6)20(4)21-12-14-22(15-13-21)24-16-19(3)17-24/h7,9-15,18-19,24H,1,4,8,16-17H2,2-3,5-6H3/b11-9-,23-10+,25-18+. The molecule has 0 heterocycles. The maximum atomic E-state index is 4.41. The summed E-state index contributed by atoms with van der Waals surface area (Å²) in [5, 5.41) is 0. The molecular formula is C25H33N. The van der Waals surface area contributed by atoms with E-state index in [1.54, 1.807) is 0 Å². The van der Waals surface area contributed by atoms with Gasteiger partial charge in [0.05, 0.1) is 0 Å². The van der Waals surface area contributed by atoms with E-state index < -0.39 is 0 Å². The molecule has 26 heavy (non-hydrogen) atoms. The summed E-state index contributed by atoms with van der Waals surface area (Å²) >= 11 is 0. The van der Waals surface area contributed by atoms with Crippen molar-refractivity contribution in [2.45, 2.75) is 39.0 Å². The summed E-state index contributed by atoms with van der Waals surface area (Å²) in [6.45, 7) is 12.7. The van der Waals surface area contributed by atoms with Gasteiger partial charge in [0.1, 0.15) is 0 Å². The van der Waals surface area contributed by atoms with E-state index in [4.69, 9.17) is 0 Å². The summed E-state index contributed by atoms with van der Waals surface area (Å²) < 4.78 is 0. The van der Waals surface area contributed by atoms with Crippen LogP contribution in [0.1, 0.15) is 50.2 Å². The van der Waals surface area contributed by atoms with Crippen LogP contribution in [0.2, 0.25) is 0 Å². The van der Waals surface area contributed by atoms with Gasteiger partial charge in [0.25, 0.3) is 0 Å². The van der Waals surface area contributed by atoms with Gasteiger partial charge in [-0.2, -0.15) is 0 Å². The van der Waals surface area contributed by atoms with Gasteiger partial charge in [-0.1, -0.05) is 75.6 Å². The summed E-state index contributed by atoms with van der Waals surface area (Å²) in [7, 11) is 4.10. The quantitative estimate of drug-likeness (QED) is 0.471. The van der Waals surface area contributed by atoms with Gasteiger partial charge >= 0.3 is 0 Å². The summed E-state index contributed by atoms with van der Waals surface area (Å²) in [4.78, 5) is 2.08. The molecule has 0 aromatic heterocycles. The molecule has 1 saturated carbocycles. The molecule has 1 nitrogen and oxygen atoms in total. The van der Waals surface area contributed by atoms with Gasteiger partial charge in [-0.15, -0.1) is 0 Å². The van der Waals surface area contributed by atoms with Crippen molar-refractivity contribution in [3.63, 3.8) is 0 Å². The second kappa shape index (κ2) is 9.43. The molecule has 1 aromatic carbocycles. The topological polar surface area (TPSA) is 3.24 Å². The molecule has 0 saturated heterocycles. The van der Waals surface area contributed by atoms with Crippen molar-refractivity contribution in [2.24, 2.45) is 5.92 Å². The molecule has 0 radical (unpaired) electrons. The van der Waals surface area contributed by atoms with Crippen molar-refractivity contribution < 1.29 is 0 Å². The number of rotatable bonds is 8. The highest BCUT2D eigenvalue weighted by molar-refractivity contribution is 5.83. The van der Waals surface area contributed by atoms with E-state index in [0.717, 1.165) is 29.4 Å². The van der Waals surface area contributed by atoms with Crippen LogP contribution < -0.4 is 0 Å². The Labute approximate surface area is 160 Å². The van der Waals surface area contributed by atoms with Gasteiger partial charge in [0.2, 0.25) is 0 Å². The lowest BCUT2D eigenvalue weighted by Crippen LogP contribution is -2.18. The Bertz CT molecular complexity index is 707. The number of allylic oxidation sites excluding steroid dienone is 7. The first-order chi connectivity index (χ1) is 12.5.